The fraction of sp³-hybridized carbons (Fsp3) is 0.100. The van der Waals surface area contributed by atoms with Gasteiger partial charge in [-0.2, -0.15) is 0 Å². The van der Waals surface area contributed by atoms with E-state index in [9.17, 15) is 0 Å². The Morgan fingerprint density at radius 3 is 1.14 bits per heavy atom. The quantitative estimate of drug-likeness (QED) is 0.665. The van der Waals surface area contributed by atoms with Gasteiger partial charge < -0.3 is 11.5 Å². The van der Waals surface area contributed by atoms with Crippen LogP contribution in [0.2, 0.25) is 0 Å². The third-order valence-electron chi connectivity index (χ3n) is 3.95. The van der Waals surface area contributed by atoms with Gasteiger partial charge in [0.15, 0.2) is 0 Å². The van der Waals surface area contributed by atoms with Crippen molar-refractivity contribution in [2.45, 2.75) is 13.8 Å². The van der Waals surface area contributed by atoms with Crippen molar-refractivity contribution in [2.75, 3.05) is 11.5 Å². The summed E-state index contributed by atoms with van der Waals surface area (Å²) in [6.07, 6.45) is 0. The third kappa shape index (κ3) is 2.56. The van der Waals surface area contributed by atoms with Gasteiger partial charge in [-0.05, 0) is 37.1 Å². The molecule has 0 radical (unpaired) electrons. The smallest absolute Gasteiger partial charge is 0.0401 e. The molecule has 2 nitrogen and oxygen atoms in total. The first-order valence-corrected chi connectivity index (χ1v) is 7.38. The van der Waals surface area contributed by atoms with Crippen molar-refractivity contribution < 1.29 is 0 Å². The third-order valence-corrected chi connectivity index (χ3v) is 3.95. The molecule has 4 N–H and O–H groups in total. The zero-order valence-corrected chi connectivity index (χ0v) is 12.9. The fourth-order valence-electron chi connectivity index (χ4n) is 2.70. The Kier molecular flexibility index (Phi) is 3.60. The van der Waals surface area contributed by atoms with Crippen LogP contribution in [0, 0.1) is 13.8 Å². The lowest BCUT2D eigenvalue weighted by Gasteiger charge is -2.16. The molecule has 0 fully saturated rings. The normalized spacial score (nSPS) is 10.6. The highest BCUT2D eigenvalue weighted by Crippen LogP contribution is 2.40. The Hall–Kier alpha value is -2.74. The van der Waals surface area contributed by atoms with Gasteiger partial charge in [0.2, 0.25) is 0 Å². The van der Waals surface area contributed by atoms with E-state index in [2.05, 4.69) is 62.4 Å². The molecule has 0 spiro atoms. The van der Waals surface area contributed by atoms with E-state index in [0.717, 1.165) is 33.6 Å². The molecule has 0 saturated heterocycles. The Labute approximate surface area is 131 Å². The van der Waals surface area contributed by atoms with Crippen LogP contribution in [0.4, 0.5) is 11.4 Å². The molecule has 0 aliphatic rings. The molecule has 3 aromatic rings. The molecule has 0 atom stereocenters. The second-order valence-electron chi connectivity index (χ2n) is 5.73. The minimum absolute atomic E-state index is 0.744. The number of rotatable bonds is 2. The first-order valence-electron chi connectivity index (χ1n) is 7.38. The highest BCUT2D eigenvalue weighted by molar-refractivity contribution is 5.97. The second-order valence-corrected chi connectivity index (χ2v) is 5.73. The van der Waals surface area contributed by atoms with Crippen LogP contribution >= 0.6 is 0 Å². The topological polar surface area (TPSA) is 52.0 Å². The van der Waals surface area contributed by atoms with E-state index in [4.69, 9.17) is 11.5 Å². The van der Waals surface area contributed by atoms with Crippen molar-refractivity contribution in [1.82, 2.24) is 0 Å². The molecule has 0 saturated carbocycles. The molecule has 3 rings (SSSR count). The van der Waals surface area contributed by atoms with Crippen LogP contribution in [0.1, 0.15) is 11.1 Å². The number of nitrogen functional groups attached to an aromatic ring is 2. The van der Waals surface area contributed by atoms with E-state index in [1.54, 1.807) is 0 Å². The van der Waals surface area contributed by atoms with Gasteiger partial charge in [-0.3, -0.25) is 0 Å². The summed E-state index contributed by atoms with van der Waals surface area (Å²) in [4.78, 5) is 0. The zero-order chi connectivity index (χ0) is 15.7. The van der Waals surface area contributed by atoms with Crippen molar-refractivity contribution in [2.24, 2.45) is 0 Å². The molecule has 0 unspecified atom stereocenters. The van der Waals surface area contributed by atoms with Gasteiger partial charge in [-0.25, -0.2) is 0 Å². The molecule has 0 aliphatic carbocycles. The number of benzene rings is 3. The Morgan fingerprint density at radius 1 is 0.500 bits per heavy atom. The minimum Gasteiger partial charge on any atom is -0.398 e. The first-order chi connectivity index (χ1) is 10.6. The highest BCUT2D eigenvalue weighted by Gasteiger charge is 2.14. The lowest BCUT2D eigenvalue weighted by Crippen LogP contribution is -1.98. The molecular formula is C20H20N2. The first kappa shape index (κ1) is 14.2. The molecule has 0 amide bonds. The monoisotopic (exact) mass is 288 g/mol. The molecule has 2 heteroatoms. The maximum atomic E-state index is 6.27. The lowest BCUT2D eigenvalue weighted by atomic mass is 9.91. The van der Waals surface area contributed by atoms with Crippen molar-refractivity contribution in [3.05, 3.63) is 71.8 Å². The number of aryl methyl sites for hydroxylation is 2. The van der Waals surface area contributed by atoms with Crippen LogP contribution in [0.3, 0.4) is 0 Å². The summed E-state index contributed by atoms with van der Waals surface area (Å²) >= 11 is 0. The number of nitrogens with two attached hydrogens (primary N) is 2. The molecule has 0 aliphatic heterocycles. The SMILES string of the molecule is Cc1ccc(-c2c(N)ccc(N)c2-c2ccc(C)cc2)cc1. The number of hydrogen-bond donors (Lipinski definition) is 2. The molecule has 110 valence electrons. The lowest BCUT2D eigenvalue weighted by molar-refractivity contribution is 1.45. The van der Waals surface area contributed by atoms with Crippen molar-refractivity contribution in [1.29, 1.82) is 0 Å². The number of hydrogen-bond acceptors (Lipinski definition) is 2. The predicted molar refractivity (Wildman–Crippen MR) is 95.6 cm³/mol. The Balaban J connectivity index is 2.27. The standard InChI is InChI=1S/C20H20N2/c1-13-3-7-15(8-4-13)19-17(21)11-12-18(22)20(19)16-9-5-14(2)6-10-16/h3-12H,21-22H2,1-2H3. The van der Waals surface area contributed by atoms with Crippen LogP contribution in [-0.2, 0) is 0 Å². The van der Waals surface area contributed by atoms with E-state index in [0.29, 0.717) is 0 Å². The van der Waals surface area contributed by atoms with Crippen LogP contribution in [-0.4, -0.2) is 0 Å². The molecular weight excluding hydrogens is 268 g/mol. The predicted octanol–water partition coefficient (Wildman–Crippen LogP) is 4.80. The van der Waals surface area contributed by atoms with E-state index >= 15 is 0 Å². The van der Waals surface area contributed by atoms with Crippen molar-refractivity contribution in [3.8, 4) is 22.3 Å². The van der Waals surface area contributed by atoms with Gasteiger partial charge in [-0.15, -0.1) is 0 Å². The van der Waals surface area contributed by atoms with Gasteiger partial charge in [0.05, 0.1) is 0 Å². The average Bonchev–Trinajstić information content (AvgIpc) is 2.51. The van der Waals surface area contributed by atoms with Gasteiger partial charge >= 0.3 is 0 Å². The van der Waals surface area contributed by atoms with E-state index in [1.165, 1.54) is 11.1 Å². The fourth-order valence-corrected chi connectivity index (χ4v) is 2.70. The van der Waals surface area contributed by atoms with Crippen LogP contribution in [0.15, 0.2) is 60.7 Å². The Morgan fingerprint density at radius 2 is 0.818 bits per heavy atom. The van der Waals surface area contributed by atoms with Crippen LogP contribution in [0.5, 0.6) is 0 Å². The average molecular weight is 288 g/mol. The summed E-state index contributed by atoms with van der Waals surface area (Å²) in [5, 5.41) is 0. The summed E-state index contributed by atoms with van der Waals surface area (Å²) in [6.45, 7) is 4.15. The van der Waals surface area contributed by atoms with Crippen LogP contribution in [0.25, 0.3) is 22.3 Å². The molecule has 0 bridgehead atoms. The Bertz CT molecular complexity index is 730. The maximum Gasteiger partial charge on any atom is 0.0401 e. The summed E-state index contributed by atoms with van der Waals surface area (Å²) in [5.74, 6) is 0. The van der Waals surface area contributed by atoms with Crippen molar-refractivity contribution in [3.63, 3.8) is 0 Å². The van der Waals surface area contributed by atoms with Crippen LogP contribution < -0.4 is 11.5 Å². The molecule has 0 aromatic heterocycles. The summed E-state index contributed by atoms with van der Waals surface area (Å²) in [5.41, 5.74) is 20.7. The van der Waals surface area contributed by atoms with Crippen molar-refractivity contribution >= 4 is 11.4 Å². The van der Waals surface area contributed by atoms with Gasteiger partial charge in [0.25, 0.3) is 0 Å². The van der Waals surface area contributed by atoms with Gasteiger partial charge in [0.1, 0.15) is 0 Å². The largest absolute Gasteiger partial charge is 0.398 e. The maximum absolute atomic E-state index is 6.27. The second kappa shape index (κ2) is 5.57. The van der Waals surface area contributed by atoms with Gasteiger partial charge in [0, 0.05) is 22.5 Å². The van der Waals surface area contributed by atoms with E-state index in [-0.39, 0.29) is 0 Å². The molecule has 3 aromatic carbocycles. The summed E-state index contributed by atoms with van der Waals surface area (Å²) < 4.78 is 0. The molecule has 0 heterocycles. The number of anilines is 2. The summed E-state index contributed by atoms with van der Waals surface area (Å²) in [7, 11) is 0. The summed E-state index contributed by atoms with van der Waals surface area (Å²) in [6, 6.07) is 20.5. The zero-order valence-electron chi connectivity index (χ0n) is 12.9. The highest BCUT2D eigenvalue weighted by atomic mass is 14.6. The van der Waals surface area contributed by atoms with E-state index < -0.39 is 0 Å². The van der Waals surface area contributed by atoms with Gasteiger partial charge in [-0.1, -0.05) is 59.7 Å². The van der Waals surface area contributed by atoms with E-state index in [1.807, 2.05) is 12.1 Å². The minimum atomic E-state index is 0.744. The molecule has 22 heavy (non-hydrogen) atoms.